The molecule has 3 aromatic rings. The maximum absolute atomic E-state index is 12.9. The first-order valence-corrected chi connectivity index (χ1v) is 12.3. The second kappa shape index (κ2) is 12.2. The molecule has 1 heterocycles. The van der Waals surface area contributed by atoms with Crippen LogP contribution >= 0.6 is 0 Å². The number of carbonyl (C=O) groups is 1. The zero-order chi connectivity index (χ0) is 26.1. The summed E-state index contributed by atoms with van der Waals surface area (Å²) < 4.78 is 11.6. The lowest BCUT2D eigenvalue weighted by Crippen LogP contribution is -2.37. The number of pyridine rings is 1. The molecule has 0 spiro atoms. The third-order valence-corrected chi connectivity index (χ3v) is 5.23. The summed E-state index contributed by atoms with van der Waals surface area (Å²) in [5.41, 5.74) is 3.36. The highest BCUT2D eigenvalue weighted by molar-refractivity contribution is 5.68. The van der Waals surface area contributed by atoms with Gasteiger partial charge in [-0.25, -0.2) is 9.78 Å². The lowest BCUT2D eigenvalue weighted by Gasteiger charge is -2.27. The molecule has 3 rings (SSSR count). The number of hydrogen-bond donors (Lipinski definition) is 1. The fraction of sp³-hybridized carbons (Fsp3) is 0.333. The predicted molar refractivity (Wildman–Crippen MR) is 145 cm³/mol. The lowest BCUT2D eigenvalue weighted by molar-refractivity contribution is 0.0236. The molecule has 0 aliphatic rings. The van der Waals surface area contributed by atoms with Crippen molar-refractivity contribution in [1.82, 2.24) is 15.2 Å². The minimum absolute atomic E-state index is 0.302. The summed E-state index contributed by atoms with van der Waals surface area (Å²) in [6.07, 6.45) is 2.17. The average Bonchev–Trinajstić information content (AvgIpc) is 2.82. The van der Waals surface area contributed by atoms with Crippen LogP contribution in [0.3, 0.4) is 0 Å². The topological polar surface area (TPSA) is 63.7 Å². The number of amides is 1. The van der Waals surface area contributed by atoms with Gasteiger partial charge >= 0.3 is 6.09 Å². The largest absolute Gasteiger partial charge is 0.444 e. The highest BCUT2D eigenvalue weighted by atomic mass is 16.6. The van der Waals surface area contributed by atoms with Crippen molar-refractivity contribution < 1.29 is 14.3 Å². The lowest BCUT2D eigenvalue weighted by atomic mass is 10.1. The van der Waals surface area contributed by atoms with E-state index in [2.05, 4.69) is 42.9 Å². The van der Waals surface area contributed by atoms with Gasteiger partial charge in [0.2, 0.25) is 5.88 Å². The number of nitrogens with one attached hydrogen (secondary N) is 1. The number of hydrogen-bond acceptors (Lipinski definition) is 5. The van der Waals surface area contributed by atoms with Crippen LogP contribution < -0.4 is 10.1 Å². The molecule has 1 aromatic heterocycles. The molecule has 36 heavy (non-hydrogen) atoms. The van der Waals surface area contributed by atoms with Gasteiger partial charge in [0.1, 0.15) is 11.4 Å². The van der Waals surface area contributed by atoms with Gasteiger partial charge in [-0.05, 0) is 70.4 Å². The van der Waals surface area contributed by atoms with Crippen LogP contribution in [0.15, 0.2) is 79.5 Å². The molecule has 2 aromatic carbocycles. The molecular weight excluding hydrogens is 450 g/mol. The van der Waals surface area contributed by atoms with Gasteiger partial charge < -0.3 is 19.7 Å². The number of carbonyl (C=O) groups excluding carboxylic acids is 1. The van der Waals surface area contributed by atoms with E-state index in [0.717, 1.165) is 23.2 Å². The van der Waals surface area contributed by atoms with Gasteiger partial charge in [-0.2, -0.15) is 0 Å². The number of rotatable bonds is 10. The predicted octanol–water partition coefficient (Wildman–Crippen LogP) is 6.82. The van der Waals surface area contributed by atoms with Gasteiger partial charge in [-0.3, -0.25) is 0 Å². The molecule has 190 valence electrons. The Morgan fingerprint density at radius 3 is 2.28 bits per heavy atom. The Kier molecular flexibility index (Phi) is 9.12. The molecule has 0 aliphatic heterocycles. The first kappa shape index (κ1) is 26.8. The average molecular weight is 488 g/mol. The van der Waals surface area contributed by atoms with E-state index < -0.39 is 5.60 Å². The van der Waals surface area contributed by atoms with Crippen molar-refractivity contribution in [1.29, 1.82) is 0 Å². The van der Waals surface area contributed by atoms with Gasteiger partial charge in [0.05, 0.1) is 0 Å². The van der Waals surface area contributed by atoms with Crippen LogP contribution in [0.2, 0.25) is 0 Å². The second-order valence-electron chi connectivity index (χ2n) is 10.0. The minimum atomic E-state index is -0.556. The Balaban J connectivity index is 1.63. The van der Waals surface area contributed by atoms with Crippen molar-refractivity contribution in [3.8, 4) is 11.6 Å². The Hall–Kier alpha value is -3.80. The summed E-state index contributed by atoms with van der Waals surface area (Å²) in [5.74, 6) is 1.17. The summed E-state index contributed by atoms with van der Waals surface area (Å²) in [4.78, 5) is 19.0. The van der Waals surface area contributed by atoms with Crippen LogP contribution in [0.1, 0.15) is 51.3 Å². The normalized spacial score (nSPS) is 11.2. The third kappa shape index (κ3) is 8.77. The molecule has 0 radical (unpaired) electrons. The molecule has 0 fully saturated rings. The second-order valence-corrected chi connectivity index (χ2v) is 10.0. The molecule has 0 saturated carbocycles. The number of nitrogens with zero attached hydrogens (tertiary/aromatic N) is 2. The standard InChI is InChI=1S/C30H37N3O3/c1-22(2)32-23(3)26-14-17-28(31-20-26)35-27-15-12-25(13-16-27)21-33(29(34)36-30(4,5)6)19-18-24-10-8-7-9-11-24/h7-17,20,22,32H,3,18-19,21H2,1-2,4-6H3. The first-order valence-electron chi connectivity index (χ1n) is 12.3. The molecular formula is C30H37N3O3. The molecule has 0 saturated heterocycles. The number of aromatic nitrogens is 1. The van der Waals surface area contributed by atoms with Crippen molar-refractivity contribution in [2.75, 3.05) is 6.54 Å². The first-order chi connectivity index (χ1) is 17.1. The smallest absolute Gasteiger partial charge is 0.410 e. The van der Waals surface area contributed by atoms with Crippen LogP contribution in [0, 0.1) is 0 Å². The summed E-state index contributed by atoms with van der Waals surface area (Å²) in [6, 6.07) is 21.9. The Morgan fingerprint density at radius 2 is 1.69 bits per heavy atom. The van der Waals surface area contributed by atoms with E-state index in [9.17, 15) is 4.79 Å². The molecule has 6 heteroatoms. The summed E-state index contributed by atoms with van der Waals surface area (Å²) >= 11 is 0. The van der Waals surface area contributed by atoms with Crippen molar-refractivity contribution in [3.63, 3.8) is 0 Å². The Morgan fingerprint density at radius 1 is 1.00 bits per heavy atom. The Labute approximate surface area is 215 Å². The van der Waals surface area contributed by atoms with Crippen molar-refractivity contribution in [3.05, 3.63) is 96.2 Å². The SMILES string of the molecule is C=C(NC(C)C)c1ccc(Oc2ccc(CN(CCc3ccccc3)C(=O)OC(C)(C)C)cc2)nc1. The number of benzene rings is 2. The molecule has 1 N–H and O–H groups in total. The van der Waals surface area contributed by atoms with Gasteiger partial charge in [0.15, 0.2) is 0 Å². The van der Waals surface area contributed by atoms with Crippen molar-refractivity contribution in [2.45, 2.75) is 59.2 Å². The van der Waals surface area contributed by atoms with E-state index in [1.807, 2.05) is 75.4 Å². The molecule has 0 aliphatic carbocycles. The third-order valence-electron chi connectivity index (χ3n) is 5.23. The van der Waals surface area contributed by atoms with Gasteiger partial charge in [-0.1, -0.05) is 49.0 Å². The monoisotopic (exact) mass is 487 g/mol. The van der Waals surface area contributed by atoms with Crippen LogP contribution in [0.4, 0.5) is 4.79 Å². The van der Waals surface area contributed by atoms with Crippen LogP contribution in [0.25, 0.3) is 5.70 Å². The van der Waals surface area contributed by atoms with Crippen LogP contribution in [-0.2, 0) is 17.7 Å². The van der Waals surface area contributed by atoms with E-state index >= 15 is 0 Å². The van der Waals surface area contributed by atoms with Crippen LogP contribution in [-0.4, -0.2) is 34.2 Å². The zero-order valence-electron chi connectivity index (χ0n) is 22.0. The zero-order valence-corrected chi connectivity index (χ0v) is 22.0. The summed E-state index contributed by atoms with van der Waals surface area (Å²) in [5, 5.41) is 3.28. The van der Waals surface area contributed by atoms with E-state index in [4.69, 9.17) is 9.47 Å². The maximum Gasteiger partial charge on any atom is 0.410 e. The van der Waals surface area contributed by atoms with Gasteiger partial charge in [0, 0.05) is 42.7 Å². The Bertz CT molecular complexity index is 1120. The van der Waals surface area contributed by atoms with E-state index in [1.54, 1.807) is 11.1 Å². The number of ether oxygens (including phenoxy) is 2. The highest BCUT2D eigenvalue weighted by Crippen LogP contribution is 2.22. The van der Waals surface area contributed by atoms with Gasteiger partial charge in [-0.15, -0.1) is 0 Å². The fourth-order valence-electron chi connectivity index (χ4n) is 3.53. The van der Waals surface area contributed by atoms with E-state index in [1.165, 1.54) is 5.56 Å². The van der Waals surface area contributed by atoms with Crippen LogP contribution in [0.5, 0.6) is 11.6 Å². The fourth-order valence-corrected chi connectivity index (χ4v) is 3.53. The quantitative estimate of drug-likeness (QED) is 0.340. The molecule has 1 amide bonds. The molecule has 0 bridgehead atoms. The molecule has 0 unspecified atom stereocenters. The van der Waals surface area contributed by atoms with E-state index in [-0.39, 0.29) is 6.09 Å². The highest BCUT2D eigenvalue weighted by Gasteiger charge is 2.22. The maximum atomic E-state index is 12.9. The minimum Gasteiger partial charge on any atom is -0.444 e. The molecule has 6 nitrogen and oxygen atoms in total. The van der Waals surface area contributed by atoms with E-state index in [0.29, 0.717) is 30.8 Å². The van der Waals surface area contributed by atoms with Gasteiger partial charge in [0.25, 0.3) is 0 Å². The van der Waals surface area contributed by atoms with Crippen molar-refractivity contribution >= 4 is 11.8 Å². The summed E-state index contributed by atoms with van der Waals surface area (Å²) in [6.45, 7) is 14.8. The summed E-state index contributed by atoms with van der Waals surface area (Å²) in [7, 11) is 0. The van der Waals surface area contributed by atoms with Crippen molar-refractivity contribution in [2.24, 2.45) is 0 Å². The molecule has 0 atom stereocenters.